The molecule has 0 amide bonds. The van der Waals surface area contributed by atoms with E-state index in [4.69, 9.17) is 17.3 Å². The standard InChI is InChI=1S/C9H11BrClN.ClH/c1-2-9(12)7-5-6(11)3-4-8(7)10;/h3-5,9H,2,12H2,1H3;1H/t9-;/m0./s1. The number of rotatable bonds is 2. The van der Waals surface area contributed by atoms with Crippen LogP contribution in [0.5, 0.6) is 0 Å². The Labute approximate surface area is 98.2 Å². The van der Waals surface area contributed by atoms with Gasteiger partial charge in [0.2, 0.25) is 0 Å². The van der Waals surface area contributed by atoms with E-state index in [2.05, 4.69) is 22.9 Å². The zero-order valence-electron chi connectivity index (χ0n) is 7.26. The fourth-order valence-corrected chi connectivity index (χ4v) is 1.74. The lowest BCUT2D eigenvalue weighted by molar-refractivity contribution is 0.695. The summed E-state index contributed by atoms with van der Waals surface area (Å²) in [6.07, 6.45) is 0.916. The molecule has 0 fully saturated rings. The molecule has 1 aromatic rings. The SMILES string of the molecule is CC[C@H](N)c1cc(Cl)ccc1Br.Cl. The second kappa shape index (κ2) is 5.86. The second-order valence-electron chi connectivity index (χ2n) is 2.68. The number of benzene rings is 1. The van der Waals surface area contributed by atoms with Gasteiger partial charge in [-0.05, 0) is 30.2 Å². The average Bonchev–Trinajstić information content (AvgIpc) is 2.08. The van der Waals surface area contributed by atoms with Crippen molar-refractivity contribution in [1.29, 1.82) is 0 Å². The fraction of sp³-hybridized carbons (Fsp3) is 0.333. The van der Waals surface area contributed by atoms with Gasteiger partial charge >= 0.3 is 0 Å². The Hall–Kier alpha value is 0.240. The molecule has 0 unspecified atom stereocenters. The third kappa shape index (κ3) is 3.47. The number of nitrogens with two attached hydrogens (primary N) is 1. The van der Waals surface area contributed by atoms with Gasteiger partial charge < -0.3 is 5.73 Å². The zero-order chi connectivity index (χ0) is 9.14. The van der Waals surface area contributed by atoms with Crippen molar-refractivity contribution in [3.8, 4) is 0 Å². The van der Waals surface area contributed by atoms with E-state index in [-0.39, 0.29) is 18.4 Å². The molecule has 13 heavy (non-hydrogen) atoms. The molecule has 74 valence electrons. The average molecular weight is 285 g/mol. The highest BCUT2D eigenvalue weighted by Gasteiger charge is 2.07. The Kier molecular flexibility index (Phi) is 5.97. The Bertz CT molecular complexity index is 278. The van der Waals surface area contributed by atoms with Crippen LogP contribution in [0.1, 0.15) is 24.9 Å². The third-order valence-electron chi connectivity index (χ3n) is 1.80. The number of hydrogen-bond acceptors (Lipinski definition) is 1. The van der Waals surface area contributed by atoms with E-state index in [9.17, 15) is 0 Å². The van der Waals surface area contributed by atoms with Crippen molar-refractivity contribution in [3.63, 3.8) is 0 Å². The second-order valence-corrected chi connectivity index (χ2v) is 3.97. The predicted molar refractivity (Wildman–Crippen MR) is 63.6 cm³/mol. The summed E-state index contributed by atoms with van der Waals surface area (Å²) >= 11 is 9.27. The van der Waals surface area contributed by atoms with Crippen LogP contribution in [0.2, 0.25) is 5.02 Å². The first-order valence-corrected chi connectivity index (χ1v) is 5.02. The quantitative estimate of drug-likeness (QED) is 0.875. The first-order valence-electron chi connectivity index (χ1n) is 3.85. The van der Waals surface area contributed by atoms with Gasteiger partial charge in [-0.2, -0.15) is 0 Å². The largest absolute Gasteiger partial charge is 0.324 e. The van der Waals surface area contributed by atoms with E-state index < -0.39 is 0 Å². The molecule has 0 saturated heterocycles. The summed E-state index contributed by atoms with van der Waals surface area (Å²) < 4.78 is 1.03. The molecule has 0 heterocycles. The molecule has 1 atom stereocenters. The minimum atomic E-state index is 0. The summed E-state index contributed by atoms with van der Waals surface area (Å²) in [5.74, 6) is 0. The van der Waals surface area contributed by atoms with Crippen LogP contribution in [-0.2, 0) is 0 Å². The van der Waals surface area contributed by atoms with Crippen LogP contribution in [-0.4, -0.2) is 0 Å². The van der Waals surface area contributed by atoms with Gasteiger partial charge in [0.1, 0.15) is 0 Å². The lowest BCUT2D eigenvalue weighted by Gasteiger charge is -2.11. The van der Waals surface area contributed by atoms with Crippen molar-refractivity contribution >= 4 is 39.9 Å². The van der Waals surface area contributed by atoms with Crippen LogP contribution in [0.15, 0.2) is 22.7 Å². The summed E-state index contributed by atoms with van der Waals surface area (Å²) in [5, 5.41) is 0.733. The van der Waals surface area contributed by atoms with Crippen molar-refractivity contribution in [3.05, 3.63) is 33.3 Å². The Morgan fingerprint density at radius 2 is 2.15 bits per heavy atom. The summed E-state index contributed by atoms with van der Waals surface area (Å²) in [6.45, 7) is 2.05. The Morgan fingerprint density at radius 1 is 1.54 bits per heavy atom. The zero-order valence-corrected chi connectivity index (χ0v) is 10.4. The molecular formula is C9H12BrCl2N. The summed E-state index contributed by atoms with van der Waals surface area (Å²) in [7, 11) is 0. The molecule has 0 aliphatic heterocycles. The van der Waals surface area contributed by atoms with Gasteiger partial charge in [0.05, 0.1) is 0 Å². The van der Waals surface area contributed by atoms with Crippen LogP contribution >= 0.6 is 39.9 Å². The van der Waals surface area contributed by atoms with Gasteiger partial charge in [0.25, 0.3) is 0 Å². The highest BCUT2D eigenvalue weighted by molar-refractivity contribution is 9.10. The first kappa shape index (κ1) is 13.2. The molecule has 4 heteroatoms. The maximum Gasteiger partial charge on any atom is 0.0410 e. The molecule has 1 rings (SSSR count). The molecule has 0 spiro atoms. The van der Waals surface area contributed by atoms with Crippen molar-refractivity contribution in [1.82, 2.24) is 0 Å². The molecule has 0 aliphatic rings. The summed E-state index contributed by atoms with van der Waals surface area (Å²) in [5.41, 5.74) is 6.95. The molecule has 0 saturated carbocycles. The van der Waals surface area contributed by atoms with E-state index in [0.29, 0.717) is 0 Å². The van der Waals surface area contributed by atoms with Crippen molar-refractivity contribution < 1.29 is 0 Å². The van der Waals surface area contributed by atoms with E-state index in [1.165, 1.54) is 0 Å². The maximum atomic E-state index is 5.88. The molecule has 0 aromatic heterocycles. The molecule has 1 aromatic carbocycles. The van der Waals surface area contributed by atoms with Crippen LogP contribution in [0.25, 0.3) is 0 Å². The van der Waals surface area contributed by atoms with Gasteiger partial charge in [-0.15, -0.1) is 12.4 Å². The maximum absolute atomic E-state index is 5.88. The van der Waals surface area contributed by atoms with Crippen molar-refractivity contribution in [2.24, 2.45) is 5.73 Å². The van der Waals surface area contributed by atoms with Gasteiger partial charge in [-0.3, -0.25) is 0 Å². The minimum absolute atomic E-state index is 0. The molecule has 0 aliphatic carbocycles. The first-order chi connectivity index (χ1) is 5.65. The van der Waals surface area contributed by atoms with E-state index in [1.54, 1.807) is 0 Å². The summed E-state index contributed by atoms with van der Waals surface area (Å²) in [4.78, 5) is 0. The molecule has 0 bridgehead atoms. The topological polar surface area (TPSA) is 26.0 Å². The van der Waals surface area contributed by atoms with Gasteiger partial charge in [0, 0.05) is 15.5 Å². The molecule has 1 nitrogen and oxygen atoms in total. The predicted octanol–water partition coefficient (Wildman–Crippen LogP) is 3.93. The molecule has 0 radical (unpaired) electrons. The van der Waals surface area contributed by atoms with E-state index in [1.807, 2.05) is 18.2 Å². The molecule has 2 N–H and O–H groups in total. The lowest BCUT2D eigenvalue weighted by atomic mass is 10.1. The highest BCUT2D eigenvalue weighted by Crippen LogP contribution is 2.26. The van der Waals surface area contributed by atoms with Crippen molar-refractivity contribution in [2.45, 2.75) is 19.4 Å². The van der Waals surface area contributed by atoms with Gasteiger partial charge in [-0.1, -0.05) is 34.5 Å². The monoisotopic (exact) mass is 283 g/mol. The minimum Gasteiger partial charge on any atom is -0.324 e. The van der Waals surface area contributed by atoms with Gasteiger partial charge in [-0.25, -0.2) is 0 Å². The van der Waals surface area contributed by atoms with E-state index >= 15 is 0 Å². The molecular weight excluding hydrogens is 273 g/mol. The van der Waals surface area contributed by atoms with Crippen LogP contribution in [0.4, 0.5) is 0 Å². The van der Waals surface area contributed by atoms with E-state index in [0.717, 1.165) is 21.5 Å². The smallest absolute Gasteiger partial charge is 0.0410 e. The normalized spacial score (nSPS) is 12.0. The van der Waals surface area contributed by atoms with Crippen LogP contribution in [0, 0.1) is 0 Å². The Balaban J connectivity index is 0.00000144. The van der Waals surface area contributed by atoms with Crippen LogP contribution in [0.3, 0.4) is 0 Å². The number of halogens is 3. The fourth-order valence-electron chi connectivity index (χ4n) is 1.02. The van der Waals surface area contributed by atoms with Crippen molar-refractivity contribution in [2.75, 3.05) is 0 Å². The Morgan fingerprint density at radius 3 is 2.69 bits per heavy atom. The highest BCUT2D eigenvalue weighted by atomic mass is 79.9. The third-order valence-corrected chi connectivity index (χ3v) is 2.75. The lowest BCUT2D eigenvalue weighted by Crippen LogP contribution is -2.09. The number of hydrogen-bond donors (Lipinski definition) is 1. The van der Waals surface area contributed by atoms with Crippen LogP contribution < -0.4 is 5.73 Å². The summed E-state index contributed by atoms with van der Waals surface area (Å²) in [6, 6.07) is 5.74. The van der Waals surface area contributed by atoms with Gasteiger partial charge in [0.15, 0.2) is 0 Å².